The summed E-state index contributed by atoms with van der Waals surface area (Å²) in [5.74, 6) is -1.51. The van der Waals surface area contributed by atoms with Gasteiger partial charge in [-0.2, -0.15) is 0 Å². The molecule has 3 atom stereocenters. The van der Waals surface area contributed by atoms with Gasteiger partial charge in [-0.25, -0.2) is 4.57 Å². The number of aliphatic hydroxyl groups is 1. The van der Waals surface area contributed by atoms with E-state index < -0.39 is 57.8 Å². The maximum absolute atomic E-state index is 13.0. The molecule has 2 N–H and O–H groups in total. The van der Waals surface area contributed by atoms with Crippen LogP contribution in [0.15, 0.2) is 97.2 Å². The number of rotatable bonds is 59. The number of ether oxygens (including phenoxy) is 3. The minimum absolute atomic E-state index is 0.145. The van der Waals surface area contributed by atoms with Gasteiger partial charge in [-0.1, -0.05) is 227 Å². The third-order valence-corrected chi connectivity index (χ3v) is 14.4. The second-order valence-corrected chi connectivity index (χ2v) is 22.7. The van der Waals surface area contributed by atoms with Gasteiger partial charge in [-0.05, 0) is 128 Å². The zero-order chi connectivity index (χ0) is 58.3. The van der Waals surface area contributed by atoms with Crippen LogP contribution < -0.4 is 0 Å². The fourth-order valence-electron chi connectivity index (χ4n) is 8.52. The molecule has 0 radical (unpaired) electrons. The highest BCUT2D eigenvalue weighted by atomic mass is 31.2. The summed E-state index contributed by atoms with van der Waals surface area (Å²) < 4.78 is 39.7. The number of phosphoric ester groups is 1. The van der Waals surface area contributed by atoms with E-state index >= 15 is 0 Å². The minimum atomic E-state index is -4.77. The monoisotopic (exact) mass is 1140 g/mol. The number of esters is 3. The molecule has 460 valence electrons. The molecular formula is C68H117O11P. The Kier molecular flexibility index (Phi) is 58.7. The maximum atomic E-state index is 13.0. The van der Waals surface area contributed by atoms with Gasteiger partial charge in [0.05, 0.1) is 19.8 Å². The normalized spacial score (nSPS) is 13.9. The zero-order valence-electron chi connectivity index (χ0n) is 51.0. The highest BCUT2D eigenvalue weighted by molar-refractivity contribution is 7.47. The second kappa shape index (κ2) is 61.5. The third kappa shape index (κ3) is 59.0. The molecule has 0 aromatic carbocycles. The summed E-state index contributed by atoms with van der Waals surface area (Å²) in [6.07, 6.45) is 73.4. The Balaban J connectivity index is 4.74. The van der Waals surface area contributed by atoms with Crippen LogP contribution in [0.5, 0.6) is 0 Å². The van der Waals surface area contributed by atoms with Crippen LogP contribution >= 0.6 is 7.82 Å². The fraction of sp³-hybridized carbons (Fsp3) is 0.721. The highest BCUT2D eigenvalue weighted by Gasteiger charge is 2.28. The summed E-state index contributed by atoms with van der Waals surface area (Å²) in [5, 5.41) is 9.86. The van der Waals surface area contributed by atoms with Crippen molar-refractivity contribution in [3.8, 4) is 0 Å². The summed E-state index contributed by atoms with van der Waals surface area (Å²) in [6.45, 7) is 4.54. The lowest BCUT2D eigenvalue weighted by molar-refractivity contribution is -0.161. The van der Waals surface area contributed by atoms with Gasteiger partial charge in [0.15, 0.2) is 6.10 Å². The number of carbonyl (C=O) groups excluding carboxylic acids is 3. The SMILES string of the molecule is CCCCC/C=C\C/C=C\C/C=C\CCCCCCCCC(=O)OC(CO)COP(=O)(O)OCC(COC(=O)CCCCCCC/C=C\C/C=C\CCCCC)OC(=O)CCCCCCCC/C=C\C/C=C\C/C=C\CCCCC. The lowest BCUT2D eigenvalue weighted by Gasteiger charge is -2.21. The molecule has 0 rings (SSSR count). The maximum Gasteiger partial charge on any atom is 0.472 e. The van der Waals surface area contributed by atoms with Crippen molar-refractivity contribution in [2.45, 2.75) is 290 Å². The third-order valence-electron chi connectivity index (χ3n) is 13.4. The Morgan fingerprint density at radius 2 is 0.613 bits per heavy atom. The molecule has 0 aromatic heterocycles. The summed E-state index contributed by atoms with van der Waals surface area (Å²) in [4.78, 5) is 48.7. The van der Waals surface area contributed by atoms with Crippen LogP contribution in [0.25, 0.3) is 0 Å². The van der Waals surface area contributed by atoms with Gasteiger partial charge >= 0.3 is 25.7 Å². The molecule has 0 heterocycles. The van der Waals surface area contributed by atoms with Crippen LogP contribution in [-0.4, -0.2) is 66.5 Å². The fourth-order valence-corrected chi connectivity index (χ4v) is 9.30. The molecular weight excluding hydrogens is 1020 g/mol. The van der Waals surface area contributed by atoms with E-state index in [0.717, 1.165) is 148 Å². The summed E-state index contributed by atoms with van der Waals surface area (Å²) >= 11 is 0. The molecule has 0 aliphatic rings. The molecule has 0 spiro atoms. The summed E-state index contributed by atoms with van der Waals surface area (Å²) in [7, 11) is -4.77. The van der Waals surface area contributed by atoms with Gasteiger partial charge < -0.3 is 24.2 Å². The van der Waals surface area contributed by atoms with E-state index in [1.807, 2.05) is 0 Å². The number of hydrogen-bond acceptors (Lipinski definition) is 10. The molecule has 0 bridgehead atoms. The predicted molar refractivity (Wildman–Crippen MR) is 334 cm³/mol. The van der Waals surface area contributed by atoms with E-state index in [1.165, 1.54) is 70.6 Å². The van der Waals surface area contributed by atoms with Gasteiger partial charge in [-0.3, -0.25) is 23.4 Å². The average Bonchev–Trinajstić information content (AvgIpc) is 3.45. The first-order valence-corrected chi connectivity index (χ1v) is 33.6. The Hall–Kier alpha value is -3.60. The van der Waals surface area contributed by atoms with Crippen molar-refractivity contribution in [2.24, 2.45) is 0 Å². The van der Waals surface area contributed by atoms with Gasteiger partial charge in [0, 0.05) is 19.3 Å². The first kappa shape index (κ1) is 76.4. The smallest absolute Gasteiger partial charge is 0.462 e. The van der Waals surface area contributed by atoms with Gasteiger partial charge in [0.25, 0.3) is 0 Å². The first-order valence-electron chi connectivity index (χ1n) is 32.1. The van der Waals surface area contributed by atoms with Crippen molar-refractivity contribution in [1.82, 2.24) is 0 Å². The van der Waals surface area contributed by atoms with Gasteiger partial charge in [0.2, 0.25) is 0 Å². The van der Waals surface area contributed by atoms with E-state index in [-0.39, 0.29) is 25.9 Å². The Bertz CT molecular complexity index is 1710. The van der Waals surface area contributed by atoms with Crippen molar-refractivity contribution in [1.29, 1.82) is 0 Å². The largest absolute Gasteiger partial charge is 0.472 e. The van der Waals surface area contributed by atoms with Crippen molar-refractivity contribution in [3.63, 3.8) is 0 Å². The Morgan fingerprint density at radius 3 is 0.938 bits per heavy atom. The lowest BCUT2D eigenvalue weighted by Crippen LogP contribution is -2.30. The van der Waals surface area contributed by atoms with Gasteiger partial charge in [0.1, 0.15) is 12.7 Å². The topological polar surface area (TPSA) is 155 Å². The molecule has 0 saturated heterocycles. The lowest BCUT2D eigenvalue weighted by atomic mass is 10.1. The van der Waals surface area contributed by atoms with Crippen LogP contribution in [-0.2, 0) is 42.2 Å². The molecule has 3 unspecified atom stereocenters. The molecule has 0 fully saturated rings. The number of unbranched alkanes of at least 4 members (excludes halogenated alkanes) is 26. The van der Waals surface area contributed by atoms with Crippen LogP contribution in [0, 0.1) is 0 Å². The number of aliphatic hydroxyl groups excluding tert-OH is 1. The summed E-state index contributed by atoms with van der Waals surface area (Å²) in [6, 6.07) is 0. The highest BCUT2D eigenvalue weighted by Crippen LogP contribution is 2.43. The van der Waals surface area contributed by atoms with Gasteiger partial charge in [-0.15, -0.1) is 0 Å². The predicted octanol–water partition coefficient (Wildman–Crippen LogP) is 19.6. The standard InChI is InChI=1S/C68H117O11P/c1-4-7-10-13-16-19-22-25-28-30-32-34-37-40-43-46-49-52-55-58-67(71)78-64(60-69)62-76-80(73,74)77-63-65(61-75-66(70)57-54-51-48-45-42-39-36-27-24-21-18-15-12-9-6-3)79-68(72)59-56-53-50-47-44-41-38-35-33-31-29-26-23-20-17-14-11-8-5-2/h16-21,25-29,32-36,64-65,69H,4-15,22-24,30-31,37-63H2,1-3H3,(H,73,74)/b19-16-,20-17-,21-18-,28-25-,29-26-,34-32-,35-33-,36-27-. The van der Waals surface area contributed by atoms with E-state index in [2.05, 4.69) is 118 Å². The van der Waals surface area contributed by atoms with Crippen molar-refractivity contribution >= 4 is 25.7 Å². The van der Waals surface area contributed by atoms with E-state index in [0.29, 0.717) is 19.3 Å². The number of carbonyl (C=O) groups is 3. The van der Waals surface area contributed by atoms with E-state index in [9.17, 15) is 28.9 Å². The zero-order valence-corrected chi connectivity index (χ0v) is 51.9. The Morgan fingerprint density at radius 1 is 0.350 bits per heavy atom. The van der Waals surface area contributed by atoms with Crippen molar-refractivity contribution in [2.75, 3.05) is 26.4 Å². The van der Waals surface area contributed by atoms with Crippen LogP contribution in [0.3, 0.4) is 0 Å². The minimum Gasteiger partial charge on any atom is -0.462 e. The number of hydrogen-bond donors (Lipinski definition) is 2. The molecule has 0 aliphatic carbocycles. The van der Waals surface area contributed by atoms with E-state index in [4.69, 9.17) is 23.3 Å². The first-order chi connectivity index (χ1) is 39.2. The number of allylic oxidation sites excluding steroid dienone is 16. The molecule has 80 heavy (non-hydrogen) atoms. The quantitative estimate of drug-likeness (QED) is 0.0197. The second-order valence-electron chi connectivity index (χ2n) is 21.2. The molecule has 0 saturated carbocycles. The van der Waals surface area contributed by atoms with E-state index in [1.54, 1.807) is 0 Å². The molecule has 0 aliphatic heterocycles. The van der Waals surface area contributed by atoms with Crippen LogP contribution in [0.4, 0.5) is 0 Å². The number of phosphoric acid groups is 1. The van der Waals surface area contributed by atoms with Crippen LogP contribution in [0.1, 0.15) is 278 Å². The average molecular weight is 1140 g/mol. The van der Waals surface area contributed by atoms with Crippen LogP contribution in [0.2, 0.25) is 0 Å². The molecule has 0 amide bonds. The molecule has 0 aromatic rings. The molecule has 11 nitrogen and oxygen atoms in total. The van der Waals surface area contributed by atoms with Crippen molar-refractivity contribution in [3.05, 3.63) is 97.2 Å². The molecule has 12 heteroatoms. The van der Waals surface area contributed by atoms with Crippen molar-refractivity contribution < 1.29 is 52.2 Å². The summed E-state index contributed by atoms with van der Waals surface area (Å²) in [5.41, 5.74) is 0. The Labute approximate surface area is 489 Å².